The van der Waals surface area contributed by atoms with Crippen molar-refractivity contribution in [3.63, 3.8) is 0 Å². The van der Waals surface area contributed by atoms with Crippen LogP contribution in [0, 0.1) is 13.8 Å². The zero-order valence-electron chi connectivity index (χ0n) is 14.7. The number of amides is 2. The van der Waals surface area contributed by atoms with Crippen molar-refractivity contribution in [2.45, 2.75) is 32.7 Å². The van der Waals surface area contributed by atoms with Crippen LogP contribution >= 0.6 is 11.3 Å². The van der Waals surface area contributed by atoms with Crippen LogP contribution in [0.1, 0.15) is 33.8 Å². The number of hydrogen-bond acceptors (Lipinski definition) is 4. The van der Waals surface area contributed by atoms with Crippen molar-refractivity contribution in [2.75, 3.05) is 6.54 Å². The molecule has 1 aliphatic rings. The lowest BCUT2D eigenvalue weighted by atomic mass is 10.1. The molecule has 0 saturated heterocycles. The summed E-state index contributed by atoms with van der Waals surface area (Å²) >= 11 is 1.36. The molecule has 7 heteroatoms. The van der Waals surface area contributed by atoms with Crippen LogP contribution in [0.3, 0.4) is 0 Å². The Kier molecular flexibility index (Phi) is 4.24. The van der Waals surface area contributed by atoms with E-state index in [2.05, 4.69) is 15.6 Å². The summed E-state index contributed by atoms with van der Waals surface area (Å²) in [5, 5.41) is 6.60. The van der Waals surface area contributed by atoms with Crippen LogP contribution in [0.25, 0.3) is 15.9 Å². The number of thiophene rings is 1. The summed E-state index contributed by atoms with van der Waals surface area (Å²) in [6.07, 6.45) is 5.88. The van der Waals surface area contributed by atoms with Crippen LogP contribution in [-0.2, 0) is 4.79 Å². The van der Waals surface area contributed by atoms with E-state index in [-0.39, 0.29) is 24.4 Å². The van der Waals surface area contributed by atoms with Crippen LogP contribution in [0.4, 0.5) is 0 Å². The fourth-order valence-electron chi connectivity index (χ4n) is 3.05. The fraction of sp³-hybridized carbons (Fsp3) is 0.316. The van der Waals surface area contributed by atoms with E-state index in [1.807, 2.05) is 49.0 Å². The standard InChI is InChI=1S/C19H20N4O2S/c1-11-9-12(2)21-19-15(11)16(23-7-3-4-8-23)17(26-19)18(25)20-10-14(24)22-13-5-6-13/h3-4,7-9,13H,5-6,10H2,1-2H3,(H,20,25)(H,22,24). The third-order valence-electron chi connectivity index (χ3n) is 4.38. The van der Waals surface area contributed by atoms with E-state index in [1.54, 1.807) is 0 Å². The van der Waals surface area contributed by atoms with E-state index in [4.69, 9.17) is 0 Å². The van der Waals surface area contributed by atoms with Gasteiger partial charge in [0.1, 0.15) is 9.71 Å². The van der Waals surface area contributed by atoms with Gasteiger partial charge in [0.2, 0.25) is 5.91 Å². The Morgan fingerprint density at radius 2 is 2.00 bits per heavy atom. The minimum Gasteiger partial charge on any atom is -0.352 e. The quantitative estimate of drug-likeness (QED) is 0.727. The molecule has 26 heavy (non-hydrogen) atoms. The summed E-state index contributed by atoms with van der Waals surface area (Å²) in [5.41, 5.74) is 2.82. The van der Waals surface area contributed by atoms with Crippen LogP contribution in [0.5, 0.6) is 0 Å². The highest BCUT2D eigenvalue weighted by atomic mass is 32.1. The molecule has 2 amide bonds. The number of hydrogen-bond donors (Lipinski definition) is 2. The van der Waals surface area contributed by atoms with Crippen molar-refractivity contribution in [3.8, 4) is 5.69 Å². The number of carbonyl (C=O) groups excluding carboxylic acids is 2. The lowest BCUT2D eigenvalue weighted by Gasteiger charge is -2.09. The second-order valence-electron chi connectivity index (χ2n) is 6.66. The maximum atomic E-state index is 12.8. The number of nitrogens with one attached hydrogen (secondary N) is 2. The minimum absolute atomic E-state index is 0.0138. The maximum absolute atomic E-state index is 12.8. The Balaban J connectivity index is 1.69. The van der Waals surface area contributed by atoms with Crippen molar-refractivity contribution >= 4 is 33.4 Å². The van der Waals surface area contributed by atoms with Crippen molar-refractivity contribution in [1.82, 2.24) is 20.2 Å². The van der Waals surface area contributed by atoms with Gasteiger partial charge in [-0.2, -0.15) is 0 Å². The predicted octanol–water partition coefficient (Wildman–Crippen LogP) is 2.71. The number of carbonyl (C=O) groups is 2. The summed E-state index contributed by atoms with van der Waals surface area (Å²) in [6.45, 7) is 3.96. The van der Waals surface area contributed by atoms with E-state index in [1.165, 1.54) is 11.3 Å². The first-order valence-electron chi connectivity index (χ1n) is 8.64. The second-order valence-corrected chi connectivity index (χ2v) is 7.65. The molecule has 1 aliphatic carbocycles. The maximum Gasteiger partial charge on any atom is 0.264 e. The Morgan fingerprint density at radius 1 is 1.27 bits per heavy atom. The second kappa shape index (κ2) is 6.57. The summed E-state index contributed by atoms with van der Waals surface area (Å²) in [7, 11) is 0. The predicted molar refractivity (Wildman–Crippen MR) is 102 cm³/mol. The molecule has 6 nitrogen and oxygen atoms in total. The van der Waals surface area contributed by atoms with Gasteiger partial charge in [0.15, 0.2) is 0 Å². The Hall–Kier alpha value is -2.67. The first-order valence-corrected chi connectivity index (χ1v) is 9.46. The molecule has 0 bridgehead atoms. The van der Waals surface area contributed by atoms with Gasteiger partial charge in [-0.15, -0.1) is 11.3 Å². The van der Waals surface area contributed by atoms with Gasteiger partial charge >= 0.3 is 0 Å². The molecular weight excluding hydrogens is 348 g/mol. The van der Waals surface area contributed by atoms with Crippen LogP contribution in [-0.4, -0.2) is 34.0 Å². The molecule has 0 aromatic carbocycles. The summed E-state index contributed by atoms with van der Waals surface area (Å²) in [4.78, 5) is 30.7. The largest absolute Gasteiger partial charge is 0.352 e. The Bertz CT molecular complexity index is 987. The molecule has 0 unspecified atom stereocenters. The van der Waals surface area contributed by atoms with Crippen LogP contribution in [0.15, 0.2) is 30.6 Å². The van der Waals surface area contributed by atoms with Gasteiger partial charge in [0, 0.05) is 29.5 Å². The van der Waals surface area contributed by atoms with Gasteiger partial charge in [-0.1, -0.05) is 0 Å². The molecule has 1 fully saturated rings. The van der Waals surface area contributed by atoms with Crippen molar-refractivity contribution in [2.24, 2.45) is 0 Å². The van der Waals surface area contributed by atoms with Crippen molar-refractivity contribution in [1.29, 1.82) is 0 Å². The lowest BCUT2D eigenvalue weighted by molar-refractivity contribution is -0.120. The van der Waals surface area contributed by atoms with Gasteiger partial charge in [0.25, 0.3) is 5.91 Å². The SMILES string of the molecule is Cc1cc(C)c2c(-n3cccc3)c(C(=O)NCC(=O)NC3CC3)sc2n1. The fourth-order valence-corrected chi connectivity index (χ4v) is 4.27. The Labute approximate surface area is 155 Å². The molecule has 2 N–H and O–H groups in total. The first-order chi connectivity index (χ1) is 12.5. The van der Waals surface area contributed by atoms with Crippen LogP contribution in [0.2, 0.25) is 0 Å². The van der Waals surface area contributed by atoms with Crippen molar-refractivity contribution in [3.05, 3.63) is 46.7 Å². The highest BCUT2D eigenvalue weighted by Crippen LogP contribution is 2.35. The lowest BCUT2D eigenvalue weighted by Crippen LogP contribution is -2.37. The van der Waals surface area contributed by atoms with Crippen LogP contribution < -0.4 is 10.6 Å². The molecule has 0 radical (unpaired) electrons. The molecule has 0 spiro atoms. The highest BCUT2D eigenvalue weighted by molar-refractivity contribution is 7.21. The summed E-state index contributed by atoms with van der Waals surface area (Å²) < 4.78 is 1.93. The minimum atomic E-state index is -0.250. The molecule has 3 aromatic heterocycles. The molecule has 3 heterocycles. The smallest absolute Gasteiger partial charge is 0.264 e. The van der Waals surface area contributed by atoms with Gasteiger partial charge in [-0.25, -0.2) is 4.98 Å². The van der Waals surface area contributed by atoms with Gasteiger partial charge in [-0.3, -0.25) is 9.59 Å². The number of rotatable bonds is 5. The number of nitrogens with zero attached hydrogens (tertiary/aromatic N) is 2. The third-order valence-corrected chi connectivity index (χ3v) is 5.45. The number of aryl methyl sites for hydroxylation is 2. The van der Waals surface area contributed by atoms with Gasteiger partial charge in [-0.05, 0) is 50.5 Å². The Morgan fingerprint density at radius 3 is 2.69 bits per heavy atom. The molecule has 4 rings (SSSR count). The van der Waals surface area contributed by atoms with E-state index in [9.17, 15) is 9.59 Å². The molecule has 1 saturated carbocycles. The number of aromatic nitrogens is 2. The van der Waals surface area contributed by atoms with E-state index >= 15 is 0 Å². The van der Waals surface area contributed by atoms with Gasteiger partial charge in [0.05, 0.1) is 12.2 Å². The molecule has 0 atom stereocenters. The molecule has 0 aliphatic heterocycles. The normalized spacial score (nSPS) is 13.8. The monoisotopic (exact) mass is 368 g/mol. The topological polar surface area (TPSA) is 76.0 Å². The molecule has 3 aromatic rings. The summed E-state index contributed by atoms with van der Waals surface area (Å²) in [5.74, 6) is -0.394. The zero-order chi connectivity index (χ0) is 18.3. The average molecular weight is 368 g/mol. The zero-order valence-corrected chi connectivity index (χ0v) is 15.5. The number of pyridine rings is 1. The van der Waals surface area contributed by atoms with E-state index in [0.717, 1.165) is 40.0 Å². The van der Waals surface area contributed by atoms with Crippen molar-refractivity contribution < 1.29 is 9.59 Å². The first kappa shape index (κ1) is 16.8. The van der Waals surface area contributed by atoms with E-state index in [0.29, 0.717) is 4.88 Å². The van der Waals surface area contributed by atoms with Gasteiger partial charge < -0.3 is 15.2 Å². The molecular formula is C19H20N4O2S. The highest BCUT2D eigenvalue weighted by Gasteiger charge is 2.25. The molecule has 134 valence electrons. The van der Waals surface area contributed by atoms with E-state index < -0.39 is 0 Å². The number of fused-ring (bicyclic) bond motifs is 1. The average Bonchev–Trinajstić information content (AvgIpc) is 3.10. The third kappa shape index (κ3) is 3.22. The summed E-state index contributed by atoms with van der Waals surface area (Å²) in [6, 6.07) is 6.15.